The molecule has 0 saturated carbocycles. The Morgan fingerprint density at radius 2 is 2.10 bits per heavy atom. The highest BCUT2D eigenvalue weighted by Gasteiger charge is 2.14. The molecule has 110 valence electrons. The molecule has 2 rings (SSSR count). The molecule has 0 amide bonds. The van der Waals surface area contributed by atoms with Gasteiger partial charge in [0.15, 0.2) is 0 Å². The largest absolute Gasteiger partial charge is 0.477 e. The predicted octanol–water partition coefficient (Wildman–Crippen LogP) is 3.35. The van der Waals surface area contributed by atoms with Crippen LogP contribution in [-0.2, 0) is 6.42 Å². The summed E-state index contributed by atoms with van der Waals surface area (Å²) in [5, 5.41) is 0.972. The third-order valence-electron chi connectivity index (χ3n) is 2.98. The summed E-state index contributed by atoms with van der Waals surface area (Å²) in [5.74, 6) is 6.43. The van der Waals surface area contributed by atoms with Gasteiger partial charge in [0.25, 0.3) is 0 Å². The zero-order chi connectivity index (χ0) is 14.8. The van der Waals surface area contributed by atoms with Gasteiger partial charge in [0, 0.05) is 4.88 Å². The second-order valence-electron chi connectivity index (χ2n) is 5.94. The monoisotopic (exact) mass is 294 g/mol. The average molecular weight is 294 g/mol. The van der Waals surface area contributed by atoms with E-state index in [1.54, 1.807) is 11.3 Å². The van der Waals surface area contributed by atoms with Crippen molar-refractivity contribution in [3.8, 4) is 5.88 Å². The van der Waals surface area contributed by atoms with Gasteiger partial charge in [-0.25, -0.2) is 10.8 Å². The van der Waals surface area contributed by atoms with Crippen LogP contribution in [0.1, 0.15) is 39.0 Å². The van der Waals surface area contributed by atoms with Gasteiger partial charge >= 0.3 is 0 Å². The third-order valence-corrected chi connectivity index (χ3v) is 4.15. The maximum Gasteiger partial charge on any atom is 0.241 e. The Labute approximate surface area is 123 Å². The first-order valence-corrected chi connectivity index (χ1v) is 7.64. The number of nitrogens with two attached hydrogens (primary N) is 1. The number of aromatic nitrogens is 2. The van der Waals surface area contributed by atoms with E-state index in [0.29, 0.717) is 18.4 Å². The molecule has 0 aliphatic carbocycles. The molecule has 20 heavy (non-hydrogen) atoms. The number of ether oxygens (including phenoxy) is 1. The summed E-state index contributed by atoms with van der Waals surface area (Å²) in [6.45, 7) is 9.34. The maximum atomic E-state index is 5.86. The van der Waals surface area contributed by atoms with Crippen LogP contribution in [-0.4, -0.2) is 16.6 Å². The fourth-order valence-electron chi connectivity index (χ4n) is 1.75. The Morgan fingerprint density at radius 3 is 2.70 bits per heavy atom. The van der Waals surface area contributed by atoms with E-state index in [1.807, 2.05) is 0 Å². The highest BCUT2D eigenvalue weighted by Crippen LogP contribution is 2.32. The van der Waals surface area contributed by atoms with Crippen molar-refractivity contribution in [2.75, 3.05) is 12.0 Å². The van der Waals surface area contributed by atoms with Crippen LogP contribution >= 0.6 is 11.3 Å². The summed E-state index contributed by atoms with van der Waals surface area (Å²) in [7, 11) is 0. The second-order valence-corrected chi connectivity index (χ2v) is 7.06. The fraction of sp³-hybridized carbons (Fsp3) is 0.571. The number of nitrogen functional groups attached to an aromatic ring is 1. The van der Waals surface area contributed by atoms with Crippen LogP contribution in [0, 0.1) is 5.41 Å². The molecule has 0 unspecified atom stereocenters. The normalized spacial score (nSPS) is 11.8. The van der Waals surface area contributed by atoms with Crippen molar-refractivity contribution in [1.29, 1.82) is 0 Å². The summed E-state index contributed by atoms with van der Waals surface area (Å²) in [5.41, 5.74) is 2.74. The number of nitrogens with zero attached hydrogens (tertiary/aromatic N) is 2. The molecule has 2 heterocycles. The number of hydrazine groups is 1. The Hall–Kier alpha value is -1.40. The standard InChI is InChI=1S/C14H22N4OS/c1-5-9-8-10-11(19-7-6-14(2,3)4)16-13(18-15)17-12(10)20-9/h8H,5-7,15H2,1-4H3,(H,16,17,18). The second kappa shape index (κ2) is 5.93. The van der Waals surface area contributed by atoms with Gasteiger partial charge in [0.2, 0.25) is 11.8 Å². The summed E-state index contributed by atoms with van der Waals surface area (Å²) in [4.78, 5) is 10.9. The molecule has 5 nitrogen and oxygen atoms in total. The fourth-order valence-corrected chi connectivity index (χ4v) is 2.71. The van der Waals surface area contributed by atoms with E-state index in [-0.39, 0.29) is 5.41 Å². The van der Waals surface area contributed by atoms with E-state index in [4.69, 9.17) is 10.6 Å². The average Bonchev–Trinajstić information content (AvgIpc) is 2.80. The van der Waals surface area contributed by atoms with Crippen LogP contribution < -0.4 is 16.0 Å². The van der Waals surface area contributed by atoms with E-state index < -0.39 is 0 Å². The Kier molecular flexibility index (Phi) is 4.45. The van der Waals surface area contributed by atoms with Gasteiger partial charge in [0.1, 0.15) is 4.83 Å². The van der Waals surface area contributed by atoms with Crippen molar-refractivity contribution in [2.45, 2.75) is 40.5 Å². The molecule has 0 fully saturated rings. The molecule has 3 N–H and O–H groups in total. The molecule has 2 aromatic heterocycles. The van der Waals surface area contributed by atoms with Gasteiger partial charge in [-0.3, -0.25) is 5.43 Å². The van der Waals surface area contributed by atoms with E-state index >= 15 is 0 Å². The number of thiophene rings is 1. The molecule has 0 aliphatic rings. The zero-order valence-corrected chi connectivity index (χ0v) is 13.3. The number of anilines is 1. The summed E-state index contributed by atoms with van der Waals surface area (Å²) >= 11 is 1.65. The lowest BCUT2D eigenvalue weighted by atomic mass is 9.93. The van der Waals surface area contributed by atoms with Crippen LogP contribution in [0.15, 0.2) is 6.07 Å². The van der Waals surface area contributed by atoms with Crippen molar-refractivity contribution in [3.05, 3.63) is 10.9 Å². The number of fused-ring (bicyclic) bond motifs is 1. The van der Waals surface area contributed by atoms with Gasteiger partial charge in [-0.1, -0.05) is 27.7 Å². The van der Waals surface area contributed by atoms with Gasteiger partial charge < -0.3 is 4.74 Å². The molecule has 0 aromatic carbocycles. The lowest BCUT2D eigenvalue weighted by Crippen LogP contribution is -2.13. The first-order chi connectivity index (χ1) is 9.43. The highest BCUT2D eigenvalue weighted by molar-refractivity contribution is 7.18. The number of hydrogen-bond acceptors (Lipinski definition) is 6. The molecule has 0 atom stereocenters. The van der Waals surface area contributed by atoms with Gasteiger partial charge in [-0.15, -0.1) is 11.3 Å². The Bertz CT molecular complexity index is 589. The zero-order valence-electron chi connectivity index (χ0n) is 12.5. The molecule has 2 aromatic rings. The SMILES string of the molecule is CCc1cc2c(OCCC(C)(C)C)nc(NN)nc2s1. The van der Waals surface area contributed by atoms with Crippen LogP contribution in [0.4, 0.5) is 5.95 Å². The lowest BCUT2D eigenvalue weighted by molar-refractivity contribution is 0.239. The van der Waals surface area contributed by atoms with E-state index in [2.05, 4.69) is 49.2 Å². The molecule has 0 bridgehead atoms. The minimum absolute atomic E-state index is 0.240. The topological polar surface area (TPSA) is 73.1 Å². The summed E-state index contributed by atoms with van der Waals surface area (Å²) in [6, 6.07) is 2.10. The maximum absolute atomic E-state index is 5.86. The third kappa shape index (κ3) is 3.58. The number of nitrogens with one attached hydrogen (secondary N) is 1. The molecule has 0 spiro atoms. The van der Waals surface area contributed by atoms with Gasteiger partial charge in [-0.05, 0) is 24.3 Å². The van der Waals surface area contributed by atoms with Gasteiger partial charge in [-0.2, -0.15) is 4.98 Å². The van der Waals surface area contributed by atoms with Crippen LogP contribution in [0.25, 0.3) is 10.2 Å². The molecule has 0 aliphatic heterocycles. The van der Waals surface area contributed by atoms with Crippen molar-refractivity contribution >= 4 is 27.5 Å². The van der Waals surface area contributed by atoms with Crippen molar-refractivity contribution < 1.29 is 4.74 Å². The molecular formula is C14H22N4OS. The smallest absolute Gasteiger partial charge is 0.241 e. The Morgan fingerprint density at radius 1 is 1.35 bits per heavy atom. The van der Waals surface area contributed by atoms with Crippen LogP contribution in [0.2, 0.25) is 0 Å². The van der Waals surface area contributed by atoms with Crippen molar-refractivity contribution in [2.24, 2.45) is 11.3 Å². The van der Waals surface area contributed by atoms with Gasteiger partial charge in [0.05, 0.1) is 12.0 Å². The summed E-state index contributed by atoms with van der Waals surface area (Å²) < 4.78 is 5.86. The van der Waals surface area contributed by atoms with Crippen LogP contribution in [0.3, 0.4) is 0 Å². The van der Waals surface area contributed by atoms with E-state index in [0.717, 1.165) is 23.1 Å². The first-order valence-electron chi connectivity index (χ1n) is 6.83. The number of aryl methyl sites for hydroxylation is 1. The number of hydrogen-bond donors (Lipinski definition) is 2. The first kappa shape index (κ1) is 15.0. The molecular weight excluding hydrogens is 272 g/mol. The van der Waals surface area contributed by atoms with Crippen LogP contribution in [0.5, 0.6) is 5.88 Å². The highest BCUT2D eigenvalue weighted by atomic mass is 32.1. The van der Waals surface area contributed by atoms with E-state index in [1.165, 1.54) is 4.88 Å². The minimum atomic E-state index is 0.240. The predicted molar refractivity (Wildman–Crippen MR) is 84.2 cm³/mol. The molecule has 6 heteroatoms. The van der Waals surface area contributed by atoms with Crippen molar-refractivity contribution in [1.82, 2.24) is 9.97 Å². The molecule has 0 radical (unpaired) electrons. The number of rotatable bonds is 5. The minimum Gasteiger partial charge on any atom is -0.477 e. The van der Waals surface area contributed by atoms with Crippen molar-refractivity contribution in [3.63, 3.8) is 0 Å². The van der Waals surface area contributed by atoms with E-state index in [9.17, 15) is 0 Å². The quantitative estimate of drug-likeness (QED) is 0.653. The molecule has 0 saturated heterocycles. The lowest BCUT2D eigenvalue weighted by Gasteiger charge is -2.18. The summed E-state index contributed by atoms with van der Waals surface area (Å²) in [6.07, 6.45) is 1.95. The Balaban J connectivity index is 2.27.